The Morgan fingerprint density at radius 2 is 1.77 bits per heavy atom. The summed E-state index contributed by atoms with van der Waals surface area (Å²) in [6.07, 6.45) is 3.30. The summed E-state index contributed by atoms with van der Waals surface area (Å²) >= 11 is 0. The number of fused-ring (bicyclic) bond motifs is 1. The van der Waals surface area contributed by atoms with Crippen LogP contribution in [-0.2, 0) is 0 Å². The van der Waals surface area contributed by atoms with E-state index in [9.17, 15) is 10.1 Å². The number of oxazole rings is 1. The zero-order valence-electron chi connectivity index (χ0n) is 16.3. The Labute approximate surface area is 173 Å². The highest BCUT2D eigenvalue weighted by Crippen LogP contribution is 2.34. The third kappa shape index (κ3) is 3.15. The second kappa shape index (κ2) is 7.53. The molecule has 6 heteroatoms. The number of benzene rings is 2. The molecule has 3 heterocycles. The van der Waals surface area contributed by atoms with Crippen molar-refractivity contribution in [2.75, 3.05) is 18.0 Å². The first-order valence-corrected chi connectivity index (χ1v) is 10.0. The van der Waals surface area contributed by atoms with Gasteiger partial charge in [0.25, 0.3) is 0 Å². The van der Waals surface area contributed by atoms with Crippen molar-refractivity contribution in [2.45, 2.75) is 19.3 Å². The second-order valence-electron chi connectivity index (χ2n) is 7.36. The molecule has 1 aliphatic rings. The van der Waals surface area contributed by atoms with Crippen molar-refractivity contribution in [3.05, 3.63) is 70.5 Å². The molecular formula is C24H19N3O3. The molecule has 0 amide bonds. The van der Waals surface area contributed by atoms with E-state index < -0.39 is 0 Å². The van der Waals surface area contributed by atoms with E-state index in [2.05, 4.69) is 16.0 Å². The number of hydrogen-bond donors (Lipinski definition) is 0. The van der Waals surface area contributed by atoms with Crippen molar-refractivity contribution in [1.82, 2.24) is 4.98 Å². The lowest BCUT2D eigenvalue weighted by Gasteiger charge is -2.25. The van der Waals surface area contributed by atoms with Crippen LogP contribution in [0, 0.1) is 11.3 Å². The minimum atomic E-state index is -0.139. The van der Waals surface area contributed by atoms with Gasteiger partial charge in [0.1, 0.15) is 11.8 Å². The molecule has 0 spiro atoms. The van der Waals surface area contributed by atoms with Gasteiger partial charge in [-0.15, -0.1) is 0 Å². The van der Waals surface area contributed by atoms with Crippen LogP contribution in [0.2, 0.25) is 0 Å². The third-order valence-corrected chi connectivity index (χ3v) is 5.40. The molecule has 30 heavy (non-hydrogen) atoms. The Kier molecular flexibility index (Phi) is 4.56. The molecule has 0 unspecified atom stereocenters. The van der Waals surface area contributed by atoms with Gasteiger partial charge in [-0.2, -0.15) is 10.2 Å². The van der Waals surface area contributed by atoms with Gasteiger partial charge < -0.3 is 13.7 Å². The minimum absolute atomic E-state index is 0.139. The van der Waals surface area contributed by atoms with Crippen molar-refractivity contribution in [3.8, 4) is 28.8 Å². The SMILES string of the molecule is N#Cc1nc(-c2cccc3c(=O)cc(-c4ccccc4)oc23)oc1N1CCCCC1. The maximum atomic E-state index is 12.8. The maximum absolute atomic E-state index is 12.8. The van der Waals surface area contributed by atoms with Crippen LogP contribution in [0.1, 0.15) is 25.0 Å². The molecule has 2 aromatic heterocycles. The number of aromatic nitrogens is 1. The van der Waals surface area contributed by atoms with E-state index in [0.717, 1.165) is 31.5 Å². The summed E-state index contributed by atoms with van der Waals surface area (Å²) in [5.41, 5.74) is 1.89. The number of anilines is 1. The largest absolute Gasteiger partial charge is 0.455 e. The summed E-state index contributed by atoms with van der Waals surface area (Å²) in [4.78, 5) is 19.3. The Morgan fingerprint density at radius 3 is 2.53 bits per heavy atom. The van der Waals surface area contributed by atoms with Gasteiger partial charge in [-0.1, -0.05) is 36.4 Å². The summed E-state index contributed by atoms with van der Waals surface area (Å²) in [5.74, 6) is 1.25. The highest BCUT2D eigenvalue weighted by molar-refractivity contribution is 5.91. The van der Waals surface area contributed by atoms with Crippen LogP contribution in [-0.4, -0.2) is 18.1 Å². The average Bonchev–Trinajstić information content (AvgIpc) is 3.24. The molecule has 0 saturated carbocycles. The van der Waals surface area contributed by atoms with E-state index in [1.54, 1.807) is 18.2 Å². The molecule has 1 saturated heterocycles. The Hall–Kier alpha value is -3.85. The fourth-order valence-electron chi connectivity index (χ4n) is 3.90. The first-order chi connectivity index (χ1) is 14.7. The third-order valence-electron chi connectivity index (χ3n) is 5.40. The monoisotopic (exact) mass is 397 g/mol. The summed E-state index contributed by atoms with van der Waals surface area (Å²) in [6, 6.07) is 18.4. The normalized spacial score (nSPS) is 14.0. The van der Waals surface area contributed by atoms with E-state index in [1.165, 1.54) is 12.5 Å². The number of hydrogen-bond acceptors (Lipinski definition) is 6. The van der Waals surface area contributed by atoms with Gasteiger partial charge in [0.2, 0.25) is 17.5 Å². The predicted molar refractivity (Wildman–Crippen MR) is 114 cm³/mol. The number of nitriles is 1. The van der Waals surface area contributed by atoms with Crippen LogP contribution in [0.5, 0.6) is 0 Å². The standard InChI is InChI=1S/C24H19N3O3/c25-15-19-24(27-12-5-2-6-13-27)30-23(26-19)18-11-7-10-17-20(28)14-21(29-22(17)18)16-8-3-1-4-9-16/h1,3-4,7-11,14H,2,5-6,12-13H2. The van der Waals surface area contributed by atoms with E-state index in [4.69, 9.17) is 8.83 Å². The molecule has 2 aromatic carbocycles. The fraction of sp³-hybridized carbons (Fsp3) is 0.208. The molecule has 0 N–H and O–H groups in total. The molecular weight excluding hydrogens is 378 g/mol. The summed E-state index contributed by atoms with van der Waals surface area (Å²) in [6.45, 7) is 1.68. The maximum Gasteiger partial charge on any atom is 0.235 e. The zero-order chi connectivity index (χ0) is 20.5. The molecule has 0 aliphatic carbocycles. The van der Waals surface area contributed by atoms with Gasteiger partial charge in [0.15, 0.2) is 11.0 Å². The Morgan fingerprint density at radius 1 is 0.967 bits per heavy atom. The number of nitrogens with zero attached hydrogens (tertiary/aromatic N) is 3. The van der Waals surface area contributed by atoms with Gasteiger partial charge in [0, 0.05) is 24.7 Å². The van der Waals surface area contributed by atoms with Crippen molar-refractivity contribution in [3.63, 3.8) is 0 Å². The van der Waals surface area contributed by atoms with E-state index in [-0.39, 0.29) is 17.0 Å². The van der Waals surface area contributed by atoms with Crippen LogP contribution >= 0.6 is 0 Å². The highest BCUT2D eigenvalue weighted by atomic mass is 16.4. The number of piperidine rings is 1. The van der Waals surface area contributed by atoms with Gasteiger partial charge in [0.05, 0.1) is 10.9 Å². The van der Waals surface area contributed by atoms with Crippen LogP contribution in [0.4, 0.5) is 5.88 Å². The summed E-state index contributed by atoms with van der Waals surface area (Å²) in [7, 11) is 0. The van der Waals surface area contributed by atoms with Gasteiger partial charge in [-0.25, -0.2) is 0 Å². The smallest absolute Gasteiger partial charge is 0.235 e. The molecule has 6 nitrogen and oxygen atoms in total. The molecule has 148 valence electrons. The topological polar surface area (TPSA) is 83.3 Å². The van der Waals surface area contributed by atoms with Crippen molar-refractivity contribution in [1.29, 1.82) is 5.26 Å². The molecule has 5 rings (SSSR count). The van der Waals surface area contributed by atoms with Crippen LogP contribution < -0.4 is 10.3 Å². The average molecular weight is 397 g/mol. The molecule has 4 aromatic rings. The lowest BCUT2D eigenvalue weighted by Crippen LogP contribution is -2.29. The number of rotatable bonds is 3. The van der Waals surface area contributed by atoms with Crippen molar-refractivity contribution >= 4 is 16.9 Å². The van der Waals surface area contributed by atoms with Crippen LogP contribution in [0.3, 0.4) is 0 Å². The zero-order valence-corrected chi connectivity index (χ0v) is 16.3. The molecule has 0 radical (unpaired) electrons. The highest BCUT2D eigenvalue weighted by Gasteiger charge is 2.23. The lowest BCUT2D eigenvalue weighted by molar-refractivity contribution is 0.504. The van der Waals surface area contributed by atoms with Gasteiger partial charge in [-0.05, 0) is 31.4 Å². The lowest BCUT2D eigenvalue weighted by atomic mass is 10.1. The molecule has 0 bridgehead atoms. The van der Waals surface area contributed by atoms with Crippen LogP contribution in [0.25, 0.3) is 33.7 Å². The van der Waals surface area contributed by atoms with Crippen molar-refractivity contribution in [2.24, 2.45) is 0 Å². The summed E-state index contributed by atoms with van der Waals surface area (Å²) < 4.78 is 12.2. The predicted octanol–water partition coefficient (Wildman–Crippen LogP) is 4.98. The molecule has 0 atom stereocenters. The minimum Gasteiger partial charge on any atom is -0.455 e. The van der Waals surface area contributed by atoms with E-state index >= 15 is 0 Å². The fourth-order valence-corrected chi connectivity index (χ4v) is 3.90. The van der Waals surface area contributed by atoms with Crippen LogP contribution in [0.15, 0.2) is 68.2 Å². The van der Waals surface area contributed by atoms with Crippen molar-refractivity contribution < 1.29 is 8.83 Å². The van der Waals surface area contributed by atoms with Gasteiger partial charge >= 0.3 is 0 Å². The quantitative estimate of drug-likeness (QED) is 0.485. The van der Waals surface area contributed by atoms with E-state index in [0.29, 0.717) is 28.2 Å². The Bertz CT molecular complexity index is 1310. The first-order valence-electron chi connectivity index (χ1n) is 10.0. The Balaban J connectivity index is 1.68. The molecule has 1 fully saturated rings. The van der Waals surface area contributed by atoms with Gasteiger partial charge in [-0.3, -0.25) is 4.79 Å². The summed E-state index contributed by atoms with van der Waals surface area (Å²) in [5, 5.41) is 10.0. The first kappa shape index (κ1) is 18.2. The van der Waals surface area contributed by atoms with E-state index in [1.807, 2.05) is 30.3 Å². The molecule has 1 aliphatic heterocycles. The second-order valence-corrected chi connectivity index (χ2v) is 7.36. The number of para-hydroxylation sites is 1.